The van der Waals surface area contributed by atoms with Crippen LogP contribution < -0.4 is 5.32 Å². The van der Waals surface area contributed by atoms with Crippen LogP contribution in [-0.2, 0) is 0 Å². The molecular weight excluding hydrogens is 154 g/mol. The van der Waals surface area contributed by atoms with E-state index in [1.165, 1.54) is 0 Å². The van der Waals surface area contributed by atoms with Crippen LogP contribution in [0.2, 0.25) is 0 Å². The van der Waals surface area contributed by atoms with E-state index < -0.39 is 0 Å². The SMILES string of the molecule is Cc1nc(C#N)c(NC2CC2)o1. The Bertz CT molecular complexity index is 333. The average Bonchev–Trinajstić information content (AvgIpc) is 2.76. The first-order valence-corrected chi connectivity index (χ1v) is 3.93. The van der Waals surface area contributed by atoms with Gasteiger partial charge in [-0.25, -0.2) is 4.98 Å². The molecule has 1 aliphatic rings. The third-order valence-electron chi connectivity index (χ3n) is 1.75. The van der Waals surface area contributed by atoms with E-state index >= 15 is 0 Å². The zero-order chi connectivity index (χ0) is 8.55. The summed E-state index contributed by atoms with van der Waals surface area (Å²) in [6, 6.07) is 2.47. The van der Waals surface area contributed by atoms with Crippen molar-refractivity contribution in [1.29, 1.82) is 5.26 Å². The molecule has 1 aromatic rings. The van der Waals surface area contributed by atoms with Crippen LogP contribution in [0.3, 0.4) is 0 Å². The maximum absolute atomic E-state index is 8.65. The summed E-state index contributed by atoms with van der Waals surface area (Å²) in [5.41, 5.74) is 0.361. The van der Waals surface area contributed by atoms with Gasteiger partial charge in [0.1, 0.15) is 6.07 Å². The van der Waals surface area contributed by atoms with Gasteiger partial charge in [0.2, 0.25) is 11.6 Å². The third kappa shape index (κ3) is 1.26. The van der Waals surface area contributed by atoms with Crippen molar-refractivity contribution in [2.45, 2.75) is 25.8 Å². The molecule has 0 unspecified atom stereocenters. The summed E-state index contributed by atoms with van der Waals surface area (Å²) in [6.07, 6.45) is 2.31. The minimum Gasteiger partial charge on any atom is -0.424 e. The first kappa shape index (κ1) is 7.17. The van der Waals surface area contributed by atoms with Crippen LogP contribution in [0.1, 0.15) is 24.4 Å². The number of oxazole rings is 1. The van der Waals surface area contributed by atoms with Gasteiger partial charge >= 0.3 is 0 Å². The topological polar surface area (TPSA) is 61.9 Å². The minimum atomic E-state index is 0.361. The first-order valence-electron chi connectivity index (χ1n) is 3.93. The minimum absolute atomic E-state index is 0.361. The number of hydrogen-bond acceptors (Lipinski definition) is 4. The van der Waals surface area contributed by atoms with E-state index in [0.29, 0.717) is 23.5 Å². The fourth-order valence-corrected chi connectivity index (χ4v) is 1.01. The van der Waals surface area contributed by atoms with E-state index in [0.717, 1.165) is 12.8 Å². The van der Waals surface area contributed by atoms with Crippen LogP contribution in [0, 0.1) is 18.3 Å². The molecule has 0 aromatic carbocycles. The number of nitrogens with zero attached hydrogens (tertiary/aromatic N) is 2. The molecule has 1 aromatic heterocycles. The second-order valence-corrected chi connectivity index (χ2v) is 2.94. The molecule has 12 heavy (non-hydrogen) atoms. The maximum atomic E-state index is 8.65. The highest BCUT2D eigenvalue weighted by atomic mass is 16.4. The van der Waals surface area contributed by atoms with Crippen molar-refractivity contribution in [3.05, 3.63) is 11.6 Å². The Labute approximate surface area is 70.2 Å². The predicted octanol–water partition coefficient (Wildman–Crippen LogP) is 1.43. The summed E-state index contributed by atoms with van der Waals surface area (Å²) in [5.74, 6) is 1.06. The van der Waals surface area contributed by atoms with E-state index in [2.05, 4.69) is 10.3 Å². The van der Waals surface area contributed by atoms with Gasteiger partial charge in [-0.3, -0.25) is 0 Å². The summed E-state index contributed by atoms with van der Waals surface area (Å²) in [6.45, 7) is 1.74. The lowest BCUT2D eigenvalue weighted by Gasteiger charge is -1.96. The van der Waals surface area contributed by atoms with Crippen LogP contribution in [0.5, 0.6) is 0 Å². The van der Waals surface area contributed by atoms with Crippen molar-refractivity contribution >= 4 is 5.88 Å². The second kappa shape index (κ2) is 2.52. The highest BCUT2D eigenvalue weighted by Crippen LogP contribution is 2.26. The average molecular weight is 163 g/mol. The lowest BCUT2D eigenvalue weighted by molar-refractivity contribution is 0.532. The Morgan fingerprint density at radius 3 is 3.00 bits per heavy atom. The van der Waals surface area contributed by atoms with Crippen LogP contribution in [0.15, 0.2) is 4.42 Å². The molecule has 1 fully saturated rings. The summed E-state index contributed by atoms with van der Waals surface area (Å²) in [4.78, 5) is 3.92. The molecule has 0 saturated heterocycles. The maximum Gasteiger partial charge on any atom is 0.232 e. The van der Waals surface area contributed by atoms with Crippen molar-refractivity contribution < 1.29 is 4.42 Å². The van der Waals surface area contributed by atoms with Crippen molar-refractivity contribution in [1.82, 2.24) is 4.98 Å². The van der Waals surface area contributed by atoms with Crippen molar-refractivity contribution in [3.63, 3.8) is 0 Å². The molecule has 62 valence electrons. The largest absolute Gasteiger partial charge is 0.424 e. The molecule has 4 nitrogen and oxygen atoms in total. The molecule has 1 N–H and O–H groups in total. The summed E-state index contributed by atoms with van der Waals surface area (Å²) in [5, 5.41) is 11.8. The summed E-state index contributed by atoms with van der Waals surface area (Å²) < 4.78 is 5.21. The molecule has 2 rings (SSSR count). The molecule has 0 aliphatic heterocycles. The molecule has 1 saturated carbocycles. The van der Waals surface area contributed by atoms with Gasteiger partial charge in [0, 0.05) is 13.0 Å². The van der Waals surface area contributed by atoms with E-state index in [1.807, 2.05) is 6.07 Å². The van der Waals surface area contributed by atoms with Gasteiger partial charge in [0.25, 0.3) is 0 Å². The van der Waals surface area contributed by atoms with Gasteiger partial charge in [0.15, 0.2) is 5.89 Å². The Hall–Kier alpha value is -1.50. The Balaban J connectivity index is 2.22. The van der Waals surface area contributed by atoms with Crippen LogP contribution in [0.25, 0.3) is 0 Å². The molecule has 0 spiro atoms. The van der Waals surface area contributed by atoms with E-state index in [9.17, 15) is 0 Å². The monoisotopic (exact) mass is 163 g/mol. The molecule has 0 bridgehead atoms. The number of aryl methyl sites for hydroxylation is 1. The van der Waals surface area contributed by atoms with Gasteiger partial charge in [-0.2, -0.15) is 5.26 Å². The number of nitrogens with one attached hydrogen (secondary N) is 1. The fraction of sp³-hybridized carbons (Fsp3) is 0.500. The normalized spacial score (nSPS) is 15.7. The zero-order valence-electron chi connectivity index (χ0n) is 6.79. The van der Waals surface area contributed by atoms with E-state index in [-0.39, 0.29) is 0 Å². The Morgan fingerprint density at radius 1 is 1.67 bits per heavy atom. The van der Waals surface area contributed by atoms with Gasteiger partial charge in [-0.15, -0.1) is 0 Å². The molecule has 0 amide bonds. The van der Waals surface area contributed by atoms with Crippen molar-refractivity contribution in [2.24, 2.45) is 0 Å². The molecule has 1 heterocycles. The molecule has 0 atom stereocenters. The summed E-state index contributed by atoms with van der Waals surface area (Å²) >= 11 is 0. The third-order valence-corrected chi connectivity index (χ3v) is 1.75. The number of aromatic nitrogens is 1. The lowest BCUT2D eigenvalue weighted by atomic mass is 10.5. The number of anilines is 1. The Kier molecular flexibility index (Phi) is 1.51. The van der Waals surface area contributed by atoms with Gasteiger partial charge in [0.05, 0.1) is 0 Å². The van der Waals surface area contributed by atoms with E-state index in [4.69, 9.17) is 9.68 Å². The molecule has 1 aliphatic carbocycles. The van der Waals surface area contributed by atoms with Gasteiger partial charge in [-0.05, 0) is 12.8 Å². The lowest BCUT2D eigenvalue weighted by Crippen LogP contribution is -2.00. The van der Waals surface area contributed by atoms with Crippen LogP contribution >= 0.6 is 0 Å². The van der Waals surface area contributed by atoms with Crippen molar-refractivity contribution in [3.8, 4) is 6.07 Å². The molecule has 0 radical (unpaired) electrons. The quantitative estimate of drug-likeness (QED) is 0.716. The number of hydrogen-bond donors (Lipinski definition) is 1. The van der Waals surface area contributed by atoms with Crippen LogP contribution in [-0.4, -0.2) is 11.0 Å². The Morgan fingerprint density at radius 2 is 2.42 bits per heavy atom. The zero-order valence-corrected chi connectivity index (χ0v) is 6.79. The smallest absolute Gasteiger partial charge is 0.232 e. The molecular formula is C8H9N3O. The summed E-state index contributed by atoms with van der Waals surface area (Å²) in [7, 11) is 0. The van der Waals surface area contributed by atoms with E-state index in [1.54, 1.807) is 6.92 Å². The fourth-order valence-electron chi connectivity index (χ4n) is 1.01. The standard InChI is InChI=1S/C8H9N3O/c1-5-10-7(4-9)8(12-5)11-6-2-3-6/h6,11H,2-3H2,1H3. The molecule has 4 heteroatoms. The van der Waals surface area contributed by atoms with Crippen LogP contribution in [0.4, 0.5) is 5.88 Å². The van der Waals surface area contributed by atoms with Gasteiger partial charge < -0.3 is 9.73 Å². The number of nitriles is 1. The predicted molar refractivity (Wildman–Crippen MR) is 42.6 cm³/mol. The second-order valence-electron chi connectivity index (χ2n) is 2.94. The van der Waals surface area contributed by atoms with Crippen molar-refractivity contribution in [2.75, 3.05) is 5.32 Å². The highest BCUT2D eigenvalue weighted by Gasteiger charge is 2.24. The highest BCUT2D eigenvalue weighted by molar-refractivity contribution is 5.46. The first-order chi connectivity index (χ1) is 5.79. The number of rotatable bonds is 2. The van der Waals surface area contributed by atoms with Gasteiger partial charge in [-0.1, -0.05) is 0 Å².